The van der Waals surface area contributed by atoms with E-state index in [1.807, 2.05) is 24.7 Å². The fourth-order valence-electron chi connectivity index (χ4n) is 2.07. The molecule has 0 saturated heterocycles. The second-order valence-corrected chi connectivity index (χ2v) is 4.89. The summed E-state index contributed by atoms with van der Waals surface area (Å²) < 4.78 is 7.92. The first kappa shape index (κ1) is 12.0. The number of imidazole rings is 1. The van der Waals surface area contributed by atoms with Crippen molar-refractivity contribution in [2.24, 2.45) is 0 Å². The van der Waals surface area contributed by atoms with Crippen molar-refractivity contribution in [3.8, 4) is 5.75 Å². The third kappa shape index (κ3) is 2.67. The molecule has 19 heavy (non-hydrogen) atoms. The number of benzene rings is 1. The van der Waals surface area contributed by atoms with Gasteiger partial charge in [-0.3, -0.25) is 4.79 Å². The van der Waals surface area contributed by atoms with E-state index in [2.05, 4.69) is 9.55 Å². The van der Waals surface area contributed by atoms with Gasteiger partial charge in [-0.05, 0) is 44.0 Å². The summed E-state index contributed by atoms with van der Waals surface area (Å²) >= 11 is 0. The number of carbonyl (C=O) groups is 1. The van der Waals surface area contributed by atoms with Crippen LogP contribution in [0.5, 0.6) is 5.75 Å². The van der Waals surface area contributed by atoms with Gasteiger partial charge in [-0.25, -0.2) is 4.98 Å². The smallest absolute Gasteiger partial charge is 0.159 e. The molecule has 98 valence electrons. The van der Waals surface area contributed by atoms with E-state index < -0.39 is 0 Å². The third-order valence-corrected chi connectivity index (χ3v) is 3.33. The van der Waals surface area contributed by atoms with Crippen LogP contribution in [0.1, 0.15) is 41.9 Å². The number of carbonyl (C=O) groups excluding carboxylic acids is 1. The van der Waals surface area contributed by atoms with Gasteiger partial charge in [0.15, 0.2) is 5.78 Å². The van der Waals surface area contributed by atoms with Crippen LogP contribution in [0, 0.1) is 0 Å². The van der Waals surface area contributed by atoms with Gasteiger partial charge >= 0.3 is 0 Å². The zero-order valence-corrected chi connectivity index (χ0v) is 10.9. The van der Waals surface area contributed by atoms with Crippen molar-refractivity contribution in [1.29, 1.82) is 0 Å². The van der Waals surface area contributed by atoms with E-state index in [1.54, 1.807) is 19.1 Å². The normalized spacial score (nSPS) is 14.4. The molecule has 0 unspecified atom stereocenters. The summed E-state index contributed by atoms with van der Waals surface area (Å²) in [6.07, 6.45) is 6.19. The maximum absolute atomic E-state index is 11.2. The molecule has 1 heterocycles. The van der Waals surface area contributed by atoms with Crippen LogP contribution >= 0.6 is 0 Å². The van der Waals surface area contributed by atoms with E-state index in [9.17, 15) is 4.79 Å². The van der Waals surface area contributed by atoms with E-state index in [-0.39, 0.29) is 5.78 Å². The molecule has 0 amide bonds. The lowest BCUT2D eigenvalue weighted by Gasteiger charge is -2.09. The quantitative estimate of drug-likeness (QED) is 0.772. The molecule has 1 fully saturated rings. The third-order valence-electron chi connectivity index (χ3n) is 3.33. The molecule has 0 aliphatic heterocycles. The Bertz CT molecular complexity index is 582. The lowest BCUT2D eigenvalue weighted by atomic mass is 10.1. The number of rotatable bonds is 5. The predicted molar refractivity (Wildman–Crippen MR) is 71.3 cm³/mol. The zero-order chi connectivity index (χ0) is 13.2. The Labute approximate surface area is 112 Å². The van der Waals surface area contributed by atoms with Crippen molar-refractivity contribution in [2.75, 3.05) is 0 Å². The van der Waals surface area contributed by atoms with Gasteiger partial charge in [-0.1, -0.05) is 0 Å². The first-order chi connectivity index (χ1) is 9.24. The monoisotopic (exact) mass is 256 g/mol. The summed E-state index contributed by atoms with van der Waals surface area (Å²) in [5, 5.41) is 0. The van der Waals surface area contributed by atoms with E-state index in [4.69, 9.17) is 4.74 Å². The minimum Gasteiger partial charge on any atom is -0.487 e. The molecule has 1 aromatic carbocycles. The largest absolute Gasteiger partial charge is 0.487 e. The summed E-state index contributed by atoms with van der Waals surface area (Å²) in [5.74, 6) is 0.840. The summed E-state index contributed by atoms with van der Waals surface area (Å²) in [4.78, 5) is 15.3. The second kappa shape index (κ2) is 4.88. The standard InChI is InChI=1S/C15H16N2O2/c1-11(18)12-2-6-15(7-3-12)19-9-14-8-16-10-17(14)13-4-5-13/h2-3,6-8,10,13H,4-5,9H2,1H3. The van der Waals surface area contributed by atoms with Crippen LogP contribution in [0.25, 0.3) is 0 Å². The van der Waals surface area contributed by atoms with E-state index in [0.717, 1.165) is 11.4 Å². The van der Waals surface area contributed by atoms with Crippen molar-refractivity contribution < 1.29 is 9.53 Å². The molecule has 1 aliphatic carbocycles. The van der Waals surface area contributed by atoms with Crippen molar-refractivity contribution in [1.82, 2.24) is 9.55 Å². The van der Waals surface area contributed by atoms with Crippen molar-refractivity contribution in [2.45, 2.75) is 32.4 Å². The zero-order valence-electron chi connectivity index (χ0n) is 10.9. The van der Waals surface area contributed by atoms with E-state index in [1.165, 1.54) is 12.8 Å². The molecule has 0 atom stereocenters. The van der Waals surface area contributed by atoms with Crippen molar-refractivity contribution in [3.05, 3.63) is 48.0 Å². The van der Waals surface area contributed by atoms with E-state index in [0.29, 0.717) is 18.2 Å². The molecular formula is C15H16N2O2. The molecule has 1 saturated carbocycles. The molecule has 1 aliphatic rings. The Kier molecular flexibility index (Phi) is 3.07. The Morgan fingerprint density at radius 1 is 1.37 bits per heavy atom. The molecule has 0 spiro atoms. The highest BCUT2D eigenvalue weighted by Crippen LogP contribution is 2.35. The van der Waals surface area contributed by atoms with Gasteiger partial charge in [-0.2, -0.15) is 0 Å². The first-order valence-electron chi connectivity index (χ1n) is 6.48. The first-order valence-corrected chi connectivity index (χ1v) is 6.48. The average Bonchev–Trinajstić information content (AvgIpc) is 3.16. The Balaban J connectivity index is 1.65. The van der Waals surface area contributed by atoms with Gasteiger partial charge < -0.3 is 9.30 Å². The minimum atomic E-state index is 0.0679. The number of hydrogen-bond acceptors (Lipinski definition) is 3. The Morgan fingerprint density at radius 3 is 2.74 bits per heavy atom. The Morgan fingerprint density at radius 2 is 2.11 bits per heavy atom. The summed E-state index contributed by atoms with van der Waals surface area (Å²) in [6, 6.07) is 7.84. The SMILES string of the molecule is CC(=O)c1ccc(OCc2cncn2C2CC2)cc1. The molecule has 0 N–H and O–H groups in total. The molecule has 4 nitrogen and oxygen atoms in total. The van der Waals surface area contributed by atoms with E-state index >= 15 is 0 Å². The summed E-state index contributed by atoms with van der Waals surface area (Å²) in [6.45, 7) is 2.07. The van der Waals surface area contributed by atoms with Gasteiger partial charge in [-0.15, -0.1) is 0 Å². The molecule has 0 radical (unpaired) electrons. The number of Topliss-reactive ketones (excluding diaryl/α,β-unsaturated/α-hetero) is 1. The second-order valence-electron chi connectivity index (χ2n) is 4.89. The van der Waals surface area contributed by atoms with Crippen LogP contribution in [0.3, 0.4) is 0 Å². The van der Waals surface area contributed by atoms with Crippen molar-refractivity contribution >= 4 is 5.78 Å². The molecule has 2 aromatic rings. The van der Waals surface area contributed by atoms with Gasteiger partial charge in [0, 0.05) is 11.6 Å². The summed E-state index contributed by atoms with van der Waals surface area (Å²) in [7, 11) is 0. The maximum Gasteiger partial charge on any atom is 0.159 e. The van der Waals surface area contributed by atoms with Crippen LogP contribution in [-0.2, 0) is 6.61 Å². The van der Waals surface area contributed by atoms with Crippen LogP contribution in [0.2, 0.25) is 0 Å². The van der Waals surface area contributed by atoms with Gasteiger partial charge in [0.2, 0.25) is 0 Å². The summed E-state index contributed by atoms with van der Waals surface area (Å²) in [5.41, 5.74) is 1.80. The van der Waals surface area contributed by atoms with Crippen molar-refractivity contribution in [3.63, 3.8) is 0 Å². The predicted octanol–water partition coefficient (Wildman–Crippen LogP) is 3.00. The highest BCUT2D eigenvalue weighted by Gasteiger charge is 2.25. The maximum atomic E-state index is 11.2. The number of nitrogens with zero attached hydrogens (tertiary/aromatic N) is 2. The fraction of sp³-hybridized carbons (Fsp3) is 0.333. The highest BCUT2D eigenvalue weighted by molar-refractivity contribution is 5.94. The van der Waals surface area contributed by atoms with Crippen LogP contribution in [0.15, 0.2) is 36.8 Å². The number of ketones is 1. The van der Waals surface area contributed by atoms with Gasteiger partial charge in [0.05, 0.1) is 18.2 Å². The molecular weight excluding hydrogens is 240 g/mol. The molecule has 3 rings (SSSR count). The van der Waals surface area contributed by atoms with Gasteiger partial charge in [0.1, 0.15) is 12.4 Å². The topological polar surface area (TPSA) is 44.1 Å². The molecule has 1 aromatic heterocycles. The van der Waals surface area contributed by atoms with Crippen LogP contribution in [0.4, 0.5) is 0 Å². The average molecular weight is 256 g/mol. The minimum absolute atomic E-state index is 0.0679. The lowest BCUT2D eigenvalue weighted by molar-refractivity contribution is 0.101. The molecule has 4 heteroatoms. The molecule has 0 bridgehead atoms. The van der Waals surface area contributed by atoms with Gasteiger partial charge in [0.25, 0.3) is 0 Å². The van der Waals surface area contributed by atoms with Crippen LogP contribution < -0.4 is 4.74 Å². The lowest BCUT2D eigenvalue weighted by Crippen LogP contribution is -2.03. The van der Waals surface area contributed by atoms with Crippen LogP contribution in [-0.4, -0.2) is 15.3 Å². The number of aromatic nitrogens is 2. The number of hydrogen-bond donors (Lipinski definition) is 0. The Hall–Kier alpha value is -2.10. The fourth-order valence-corrected chi connectivity index (χ4v) is 2.07. The number of ether oxygens (including phenoxy) is 1. The highest BCUT2D eigenvalue weighted by atomic mass is 16.5.